The maximum Gasteiger partial charge on any atom is 0.573 e. The predicted octanol–water partition coefficient (Wildman–Crippen LogP) is 5.89. The quantitative estimate of drug-likeness (QED) is 0.457. The smallest absolute Gasteiger partial charge is 0.448 e. The second kappa shape index (κ2) is 10.7. The Morgan fingerprint density at radius 2 is 1.76 bits per heavy atom. The first-order chi connectivity index (χ1) is 17.7. The molecule has 2 aliphatic rings. The molecule has 1 heterocycles. The second-order valence-corrected chi connectivity index (χ2v) is 11.3. The average molecular weight is 537 g/mol. The van der Waals surface area contributed by atoms with E-state index in [0.29, 0.717) is 44.6 Å². The zero-order valence-corrected chi connectivity index (χ0v) is 21.9. The van der Waals surface area contributed by atoms with Crippen molar-refractivity contribution in [2.75, 3.05) is 26.2 Å². The van der Waals surface area contributed by atoms with Crippen LogP contribution in [0.15, 0.2) is 48.5 Å². The summed E-state index contributed by atoms with van der Waals surface area (Å²) in [5.41, 5.74) is 1.22. The number of carboxylic acid groups (broad SMARTS) is 1. The van der Waals surface area contributed by atoms with Crippen molar-refractivity contribution >= 4 is 6.16 Å². The number of halogens is 3. The van der Waals surface area contributed by atoms with Crippen molar-refractivity contribution in [1.82, 2.24) is 9.96 Å². The first-order valence-corrected chi connectivity index (χ1v) is 12.8. The summed E-state index contributed by atoms with van der Waals surface area (Å²) in [6.45, 7) is 8.34. The van der Waals surface area contributed by atoms with E-state index in [-0.39, 0.29) is 23.1 Å². The van der Waals surface area contributed by atoms with E-state index in [2.05, 4.69) is 9.64 Å². The van der Waals surface area contributed by atoms with Crippen LogP contribution in [0.4, 0.5) is 18.0 Å². The van der Waals surface area contributed by atoms with Crippen LogP contribution < -0.4 is 4.74 Å². The van der Waals surface area contributed by atoms with Crippen LogP contribution in [0.2, 0.25) is 0 Å². The number of nitrogens with zero attached hydrogens (tertiary/aromatic N) is 2. The minimum atomic E-state index is -4.76. The summed E-state index contributed by atoms with van der Waals surface area (Å²) in [5.74, 6) is -0.446. The van der Waals surface area contributed by atoms with Gasteiger partial charge in [-0.1, -0.05) is 57.2 Å². The van der Waals surface area contributed by atoms with Gasteiger partial charge in [0.25, 0.3) is 0 Å². The van der Waals surface area contributed by atoms with E-state index in [9.17, 15) is 23.1 Å². The number of hydrogen-bond donors (Lipinski definition) is 2. The highest BCUT2D eigenvalue weighted by atomic mass is 19.4. The molecule has 0 radical (unpaired) electrons. The molecule has 10 heteroatoms. The molecule has 7 nitrogen and oxygen atoms in total. The largest absolute Gasteiger partial charge is 0.573 e. The van der Waals surface area contributed by atoms with Crippen molar-refractivity contribution in [2.24, 2.45) is 5.41 Å². The first kappa shape index (κ1) is 28.2. The number of hydroxylamine groups is 2. The summed E-state index contributed by atoms with van der Waals surface area (Å²) in [6, 6.07) is 13.3. The fourth-order valence-electron chi connectivity index (χ4n) is 5.42. The topological polar surface area (TPSA) is 82.5 Å². The highest BCUT2D eigenvalue weighted by molar-refractivity contribution is 5.65. The van der Waals surface area contributed by atoms with Gasteiger partial charge in [-0.05, 0) is 53.5 Å². The van der Waals surface area contributed by atoms with E-state index in [1.165, 1.54) is 23.3 Å². The third kappa shape index (κ3) is 6.78. The molecule has 2 unspecified atom stereocenters. The summed E-state index contributed by atoms with van der Waals surface area (Å²) in [5, 5.41) is 22.1. The van der Waals surface area contributed by atoms with E-state index in [1.54, 1.807) is 6.07 Å². The lowest BCUT2D eigenvalue weighted by Gasteiger charge is -2.49. The van der Waals surface area contributed by atoms with E-state index < -0.39 is 18.1 Å². The van der Waals surface area contributed by atoms with Crippen LogP contribution in [0.5, 0.6) is 5.75 Å². The maximum atomic E-state index is 12.6. The minimum Gasteiger partial charge on any atom is -0.448 e. The molecular formula is C28H35F3N2O5. The molecule has 2 aromatic rings. The summed E-state index contributed by atoms with van der Waals surface area (Å²) in [4.78, 5) is 18.5. The molecule has 0 aromatic heterocycles. The van der Waals surface area contributed by atoms with Crippen molar-refractivity contribution in [3.05, 3.63) is 54.1 Å². The molecule has 0 bridgehead atoms. The molecule has 0 spiro atoms. The van der Waals surface area contributed by atoms with Gasteiger partial charge < -0.3 is 19.8 Å². The van der Waals surface area contributed by atoms with Crippen LogP contribution in [0.25, 0.3) is 11.1 Å². The normalized spacial score (nSPS) is 21.4. The van der Waals surface area contributed by atoms with Crippen LogP contribution in [0.3, 0.4) is 0 Å². The summed E-state index contributed by atoms with van der Waals surface area (Å²) in [6.07, 6.45) is -3.75. The molecule has 2 atom stereocenters. The molecule has 1 saturated carbocycles. The fraction of sp³-hybridized carbons (Fsp3) is 0.536. The maximum absolute atomic E-state index is 12.6. The molecule has 1 saturated heterocycles. The second-order valence-electron chi connectivity index (χ2n) is 11.3. The number of aliphatic hydroxyl groups is 1. The van der Waals surface area contributed by atoms with Crippen LogP contribution in [0, 0.1) is 5.41 Å². The summed E-state index contributed by atoms with van der Waals surface area (Å²) in [7, 11) is 0. The Kier molecular flexibility index (Phi) is 7.97. The molecular weight excluding hydrogens is 501 g/mol. The standard InChI is InChI=1S/C28H35F3N2O5/c1-26(2,3)24-18-32(14-15-33(24)38-25(34)35)17-23(27(36)12-5-13-27)20-10-8-19(9-11-20)21-6-4-7-22(16-21)37-28(29,30)31/h4,6-11,16,23-24,36H,5,12-15,17-18H2,1-3H3,(H,34,35). The molecule has 2 aromatic carbocycles. The Morgan fingerprint density at radius 3 is 2.32 bits per heavy atom. The Hall–Kier alpha value is -2.82. The monoisotopic (exact) mass is 536 g/mol. The van der Waals surface area contributed by atoms with Gasteiger partial charge in [-0.3, -0.25) is 4.90 Å². The first-order valence-electron chi connectivity index (χ1n) is 12.8. The van der Waals surface area contributed by atoms with Gasteiger partial charge in [0.2, 0.25) is 0 Å². The van der Waals surface area contributed by atoms with Crippen molar-refractivity contribution in [3.63, 3.8) is 0 Å². The Labute approximate surface area is 220 Å². The molecule has 208 valence electrons. The third-order valence-electron chi connectivity index (χ3n) is 7.63. The van der Waals surface area contributed by atoms with Gasteiger partial charge in [-0.2, -0.15) is 0 Å². The lowest BCUT2D eigenvalue weighted by atomic mass is 9.68. The molecule has 2 fully saturated rings. The molecule has 1 aliphatic heterocycles. The van der Waals surface area contributed by atoms with Crippen molar-refractivity contribution in [3.8, 4) is 16.9 Å². The van der Waals surface area contributed by atoms with E-state index in [0.717, 1.165) is 17.5 Å². The number of benzene rings is 2. The van der Waals surface area contributed by atoms with Crippen LogP contribution in [-0.2, 0) is 4.84 Å². The van der Waals surface area contributed by atoms with Crippen molar-refractivity contribution < 1.29 is 37.8 Å². The lowest BCUT2D eigenvalue weighted by Crippen LogP contribution is -2.59. The van der Waals surface area contributed by atoms with E-state index >= 15 is 0 Å². The van der Waals surface area contributed by atoms with Crippen molar-refractivity contribution in [2.45, 2.75) is 64.0 Å². The van der Waals surface area contributed by atoms with Gasteiger partial charge >= 0.3 is 12.5 Å². The molecule has 1 aliphatic carbocycles. The summed E-state index contributed by atoms with van der Waals surface area (Å²) >= 11 is 0. The Bertz CT molecular complexity index is 1110. The summed E-state index contributed by atoms with van der Waals surface area (Å²) < 4.78 is 42.0. The fourth-order valence-corrected chi connectivity index (χ4v) is 5.42. The van der Waals surface area contributed by atoms with Gasteiger partial charge in [0.05, 0.1) is 11.6 Å². The lowest BCUT2D eigenvalue weighted by molar-refractivity contribution is -0.274. The zero-order valence-electron chi connectivity index (χ0n) is 21.9. The number of carbonyl (C=O) groups is 1. The van der Waals surface area contributed by atoms with Crippen LogP contribution in [0.1, 0.15) is 51.5 Å². The van der Waals surface area contributed by atoms with Gasteiger partial charge in [0.1, 0.15) is 5.75 Å². The number of ether oxygens (including phenoxy) is 1. The highest BCUT2D eigenvalue weighted by Gasteiger charge is 2.45. The van der Waals surface area contributed by atoms with Crippen LogP contribution in [-0.4, -0.2) is 70.5 Å². The zero-order chi connectivity index (χ0) is 27.7. The van der Waals surface area contributed by atoms with Gasteiger partial charge in [0.15, 0.2) is 0 Å². The predicted molar refractivity (Wildman–Crippen MR) is 136 cm³/mol. The number of alkyl halides is 3. The average Bonchev–Trinajstić information content (AvgIpc) is 2.80. The number of rotatable bonds is 7. The SMILES string of the molecule is CC(C)(C)C1CN(CC(c2ccc(-c3cccc(OC(F)(F)F)c3)cc2)C2(O)CCC2)CCN1OC(=O)O. The molecule has 4 rings (SSSR count). The van der Waals surface area contributed by atoms with Gasteiger partial charge in [0, 0.05) is 32.1 Å². The Morgan fingerprint density at radius 1 is 1.08 bits per heavy atom. The Balaban J connectivity index is 1.53. The number of piperazine rings is 1. The third-order valence-corrected chi connectivity index (χ3v) is 7.63. The van der Waals surface area contributed by atoms with Gasteiger partial charge in [-0.25, -0.2) is 4.79 Å². The van der Waals surface area contributed by atoms with E-state index in [1.807, 2.05) is 45.0 Å². The molecule has 38 heavy (non-hydrogen) atoms. The molecule has 0 amide bonds. The minimum absolute atomic E-state index is 0.155. The number of hydrogen-bond acceptors (Lipinski definition) is 6. The van der Waals surface area contributed by atoms with E-state index in [4.69, 9.17) is 9.94 Å². The highest BCUT2D eigenvalue weighted by Crippen LogP contribution is 2.45. The van der Waals surface area contributed by atoms with Gasteiger partial charge in [-0.15, -0.1) is 18.2 Å². The van der Waals surface area contributed by atoms with Crippen molar-refractivity contribution in [1.29, 1.82) is 0 Å². The molecule has 2 N–H and O–H groups in total. The van der Waals surface area contributed by atoms with Crippen LogP contribution >= 0.6 is 0 Å².